The summed E-state index contributed by atoms with van der Waals surface area (Å²) < 4.78 is 49.6. The van der Waals surface area contributed by atoms with E-state index in [1.54, 1.807) is 54.3 Å². The van der Waals surface area contributed by atoms with Crippen molar-refractivity contribution in [1.29, 1.82) is 0 Å². The Morgan fingerprint density at radius 3 is 2.25 bits per heavy atom. The third-order valence-electron chi connectivity index (χ3n) is 6.19. The Labute approximate surface area is 240 Å². The molecule has 1 unspecified atom stereocenters. The molecule has 7 nitrogen and oxygen atoms in total. The van der Waals surface area contributed by atoms with E-state index in [0.29, 0.717) is 39.3 Å². The Balaban J connectivity index is 1.71. The highest BCUT2D eigenvalue weighted by molar-refractivity contribution is 6.35. The Morgan fingerprint density at radius 2 is 1.65 bits per heavy atom. The van der Waals surface area contributed by atoms with Crippen LogP contribution in [0.2, 0.25) is 10.0 Å². The first kappa shape index (κ1) is 29.6. The minimum Gasteiger partial charge on any atom is -0.489 e. The first-order chi connectivity index (χ1) is 19.1. The van der Waals surface area contributed by atoms with Gasteiger partial charge in [-0.05, 0) is 36.5 Å². The molecule has 1 saturated carbocycles. The molecule has 0 radical (unpaired) electrons. The summed E-state index contributed by atoms with van der Waals surface area (Å²) in [5.74, 6) is -1.23. The Hall–Kier alpha value is -3.43. The van der Waals surface area contributed by atoms with Crippen molar-refractivity contribution in [1.82, 2.24) is 0 Å². The lowest BCUT2D eigenvalue weighted by atomic mass is 10.0. The zero-order chi connectivity index (χ0) is 28.8. The van der Waals surface area contributed by atoms with Crippen molar-refractivity contribution in [2.24, 2.45) is 13.0 Å². The second-order valence-electron chi connectivity index (χ2n) is 9.47. The molecule has 2 atom stereocenters. The van der Waals surface area contributed by atoms with Crippen molar-refractivity contribution in [3.63, 3.8) is 0 Å². The van der Waals surface area contributed by atoms with Gasteiger partial charge in [0.2, 0.25) is 6.10 Å². The molecule has 40 heavy (non-hydrogen) atoms. The van der Waals surface area contributed by atoms with Crippen molar-refractivity contribution in [3.8, 4) is 11.5 Å². The number of carbonyl (C=O) groups is 2. The van der Waals surface area contributed by atoms with Crippen LogP contribution in [0, 0.1) is 5.92 Å². The van der Waals surface area contributed by atoms with E-state index < -0.39 is 30.8 Å². The molecule has 11 heteroatoms. The lowest BCUT2D eigenvalue weighted by Gasteiger charge is -2.24. The Kier molecular flexibility index (Phi) is 9.81. The molecule has 0 spiro atoms. The van der Waals surface area contributed by atoms with E-state index in [-0.39, 0.29) is 17.9 Å². The fourth-order valence-electron chi connectivity index (χ4n) is 4.04. The smallest absolute Gasteiger partial charge is 0.387 e. The number of carbonyl (C=O) groups excluding carboxylic acids is 2. The van der Waals surface area contributed by atoms with Crippen molar-refractivity contribution in [2.75, 3.05) is 6.61 Å². The van der Waals surface area contributed by atoms with E-state index >= 15 is 0 Å². The highest BCUT2D eigenvalue weighted by Gasteiger charge is 2.31. The largest absolute Gasteiger partial charge is 0.489 e. The summed E-state index contributed by atoms with van der Waals surface area (Å²) >= 11 is 13.0. The van der Waals surface area contributed by atoms with E-state index in [1.165, 1.54) is 25.1 Å². The highest BCUT2D eigenvalue weighted by Crippen LogP contribution is 2.38. The van der Waals surface area contributed by atoms with Crippen molar-refractivity contribution < 1.29 is 41.9 Å². The Bertz CT molecular complexity index is 1330. The first-order valence-corrected chi connectivity index (χ1v) is 13.3. The van der Waals surface area contributed by atoms with Crippen molar-refractivity contribution in [2.45, 2.75) is 45.0 Å². The third-order valence-corrected chi connectivity index (χ3v) is 6.84. The number of benzene rings is 2. The maximum absolute atomic E-state index is 13.5. The Morgan fingerprint density at radius 1 is 0.975 bits per heavy atom. The number of aryl methyl sites for hydroxylation is 1. The number of nitrogens with zero attached hydrogens (tertiary/aromatic N) is 1. The molecule has 212 valence electrons. The summed E-state index contributed by atoms with van der Waals surface area (Å²) in [5, 5.41) is 0.664. The molecule has 2 aromatic carbocycles. The number of alkyl halides is 2. The third kappa shape index (κ3) is 8.05. The monoisotopic (exact) mass is 594 g/mol. The standard InChI is InChI=1S/C29H28Cl2F2NO6/c1-17(35)38-27(19-6-4-3-5-7-19)28(36)39-25(13-21-22(30)14-34(2)15-23(21)31)20-10-11-24(40-29(32)33)26(12-20)37-16-18-8-9-18/h3-7,10-12,14-15,18,25,27,29H,8-9,13,16H2,1-2H3/q+1/t25?,27-/m0/s1. The summed E-state index contributed by atoms with van der Waals surface area (Å²) in [6.07, 6.45) is 2.96. The minimum absolute atomic E-state index is 0.0307. The summed E-state index contributed by atoms with van der Waals surface area (Å²) in [6.45, 7) is -1.53. The molecule has 1 fully saturated rings. The summed E-state index contributed by atoms with van der Waals surface area (Å²) in [7, 11) is 1.76. The van der Waals surface area contributed by atoms with Crippen LogP contribution in [-0.4, -0.2) is 25.2 Å². The topological polar surface area (TPSA) is 74.9 Å². The molecule has 0 saturated heterocycles. The number of halogens is 4. The fraction of sp³-hybridized carbons (Fsp3) is 0.345. The number of hydrogen-bond donors (Lipinski definition) is 0. The maximum atomic E-state index is 13.5. The molecule has 0 amide bonds. The normalized spacial score (nSPS) is 14.4. The van der Waals surface area contributed by atoms with Crippen molar-refractivity contribution >= 4 is 35.1 Å². The van der Waals surface area contributed by atoms with E-state index in [9.17, 15) is 18.4 Å². The molecule has 0 bridgehead atoms. The van der Waals surface area contributed by atoms with Crippen molar-refractivity contribution in [3.05, 3.63) is 87.7 Å². The van der Waals surface area contributed by atoms with Gasteiger partial charge in [0, 0.05) is 24.5 Å². The lowest BCUT2D eigenvalue weighted by molar-refractivity contribution is -0.671. The minimum atomic E-state index is -3.05. The highest BCUT2D eigenvalue weighted by atomic mass is 35.5. The molecule has 0 aliphatic heterocycles. The molecule has 4 rings (SSSR count). The van der Waals surface area contributed by atoms with Gasteiger partial charge in [-0.1, -0.05) is 59.6 Å². The van der Waals surface area contributed by atoms with E-state index in [2.05, 4.69) is 4.74 Å². The fourth-order valence-corrected chi connectivity index (χ4v) is 4.76. The molecule has 3 aromatic rings. The van der Waals surface area contributed by atoms with Gasteiger partial charge in [0.05, 0.1) is 6.61 Å². The van der Waals surface area contributed by atoms with Gasteiger partial charge >= 0.3 is 18.6 Å². The van der Waals surface area contributed by atoms with Gasteiger partial charge in [-0.25, -0.2) is 9.36 Å². The van der Waals surface area contributed by atoms with E-state index in [1.807, 2.05) is 0 Å². The predicted octanol–water partition coefficient (Wildman–Crippen LogP) is 6.34. The van der Waals surface area contributed by atoms with E-state index in [0.717, 1.165) is 12.8 Å². The summed E-state index contributed by atoms with van der Waals surface area (Å²) in [4.78, 5) is 25.3. The number of rotatable bonds is 12. The molecule has 1 aliphatic carbocycles. The van der Waals surface area contributed by atoms with Crippen LogP contribution in [0.3, 0.4) is 0 Å². The number of pyridine rings is 1. The predicted molar refractivity (Wildman–Crippen MR) is 142 cm³/mol. The first-order valence-electron chi connectivity index (χ1n) is 12.6. The number of hydrogen-bond acceptors (Lipinski definition) is 6. The maximum Gasteiger partial charge on any atom is 0.387 e. The van der Waals surface area contributed by atoms with Gasteiger partial charge in [-0.2, -0.15) is 8.78 Å². The van der Waals surface area contributed by atoms with Crippen LogP contribution in [0.15, 0.2) is 60.9 Å². The second-order valence-corrected chi connectivity index (χ2v) is 10.3. The van der Waals surface area contributed by atoms with E-state index in [4.69, 9.17) is 37.4 Å². The van der Waals surface area contributed by atoms with Crippen LogP contribution in [-0.2, 0) is 32.5 Å². The number of ether oxygens (including phenoxy) is 4. The van der Waals surface area contributed by atoms with Gasteiger partial charge in [0.15, 0.2) is 23.9 Å². The van der Waals surface area contributed by atoms with Crippen LogP contribution < -0.4 is 14.0 Å². The molecule has 1 aliphatic rings. The SMILES string of the molecule is CC(=O)O[C@H](C(=O)OC(Cc1c(Cl)c[n+](C)cc1Cl)c1ccc(OC(F)F)c(OCC2CC2)c1)c1ccccc1. The molecule has 0 N–H and O–H groups in total. The van der Waals surface area contributed by atoms with Gasteiger partial charge in [-0.3, -0.25) is 4.79 Å². The van der Waals surface area contributed by atoms with Crippen LogP contribution in [0.5, 0.6) is 11.5 Å². The zero-order valence-electron chi connectivity index (χ0n) is 21.8. The van der Waals surface area contributed by atoms with Crippen LogP contribution >= 0.6 is 23.2 Å². The molecular formula is C29H28Cl2F2NO6+. The molecule has 1 heterocycles. The van der Waals surface area contributed by atoms with Crippen LogP contribution in [0.4, 0.5) is 8.78 Å². The molecule has 1 aromatic heterocycles. The average Bonchev–Trinajstić information content (AvgIpc) is 3.72. The zero-order valence-corrected chi connectivity index (χ0v) is 23.3. The number of aromatic nitrogens is 1. The van der Waals surface area contributed by atoms with Crippen LogP contribution in [0.1, 0.15) is 48.7 Å². The summed E-state index contributed by atoms with van der Waals surface area (Å²) in [5.41, 5.74) is 1.32. The lowest BCUT2D eigenvalue weighted by Crippen LogP contribution is -2.28. The van der Waals surface area contributed by atoms with Crippen LogP contribution in [0.25, 0.3) is 0 Å². The average molecular weight is 595 g/mol. The van der Waals surface area contributed by atoms with Gasteiger partial charge in [0.25, 0.3) is 0 Å². The second kappa shape index (κ2) is 13.3. The summed E-state index contributed by atoms with van der Waals surface area (Å²) in [6, 6.07) is 12.7. The number of esters is 2. The molecular weight excluding hydrogens is 567 g/mol. The van der Waals surface area contributed by atoms with Gasteiger partial charge < -0.3 is 18.9 Å². The van der Waals surface area contributed by atoms with Gasteiger partial charge in [-0.15, -0.1) is 0 Å². The quantitative estimate of drug-likeness (QED) is 0.180. The van der Waals surface area contributed by atoms with Gasteiger partial charge in [0.1, 0.15) is 23.2 Å².